The normalized spacial score (nSPS) is 22.3. The molecule has 1 heterocycles. The molecule has 3 aromatic carbocycles. The van der Waals surface area contributed by atoms with Crippen LogP contribution in [-0.2, 0) is 48.3 Å². The zero-order valence-corrected chi connectivity index (χ0v) is 20.3. The summed E-state index contributed by atoms with van der Waals surface area (Å²) in [5.74, 6) is -0.791. The first-order chi connectivity index (χ1) is 17.7. The van der Waals surface area contributed by atoms with Crippen LogP contribution in [0.2, 0.25) is 0 Å². The monoisotopic (exact) mass is 492 g/mol. The van der Waals surface area contributed by atoms with Crippen LogP contribution < -0.4 is 0 Å². The van der Waals surface area contributed by atoms with Crippen molar-refractivity contribution in [2.45, 2.75) is 50.3 Å². The minimum atomic E-state index is -1.53. The Labute approximate surface area is 211 Å². The number of rotatable bonds is 12. The van der Waals surface area contributed by atoms with Crippen molar-refractivity contribution in [3.63, 3.8) is 0 Å². The number of ether oxygens (including phenoxy) is 5. The van der Waals surface area contributed by atoms with Gasteiger partial charge in [0.25, 0.3) is 0 Å². The lowest BCUT2D eigenvalue weighted by Crippen LogP contribution is -2.45. The highest BCUT2D eigenvalue weighted by Gasteiger charge is 2.51. The van der Waals surface area contributed by atoms with Gasteiger partial charge in [0.1, 0.15) is 24.4 Å². The van der Waals surface area contributed by atoms with Crippen LogP contribution in [-0.4, -0.2) is 55.3 Å². The van der Waals surface area contributed by atoms with Gasteiger partial charge >= 0.3 is 5.97 Å². The quantitative estimate of drug-likeness (QED) is 0.386. The molecule has 0 saturated carbocycles. The molecule has 3 aromatic rings. The molecule has 1 fully saturated rings. The van der Waals surface area contributed by atoms with Gasteiger partial charge in [-0.25, -0.2) is 4.79 Å². The average molecular weight is 493 g/mol. The molecule has 5 atom stereocenters. The first kappa shape index (κ1) is 26.0. The Morgan fingerprint density at radius 3 is 1.75 bits per heavy atom. The maximum Gasteiger partial charge on any atom is 0.337 e. The minimum absolute atomic E-state index is 0.198. The topological polar surface area (TPSA) is 83.5 Å². The Kier molecular flexibility index (Phi) is 9.61. The van der Waals surface area contributed by atoms with Crippen LogP contribution in [0.25, 0.3) is 0 Å². The van der Waals surface area contributed by atoms with Gasteiger partial charge in [-0.15, -0.1) is 0 Å². The zero-order chi connectivity index (χ0) is 25.2. The fourth-order valence-corrected chi connectivity index (χ4v) is 4.19. The molecule has 0 radical (unpaired) electrons. The van der Waals surface area contributed by atoms with Crippen LogP contribution in [0.15, 0.2) is 91.0 Å². The second-order valence-corrected chi connectivity index (χ2v) is 8.63. The molecule has 1 saturated heterocycles. The van der Waals surface area contributed by atoms with Crippen molar-refractivity contribution in [1.29, 1.82) is 0 Å². The van der Waals surface area contributed by atoms with Gasteiger partial charge in [0.15, 0.2) is 6.10 Å². The molecule has 1 N–H and O–H groups in total. The third kappa shape index (κ3) is 7.00. The SMILES string of the molecule is COC(=O)C(O)C1OC(COCc2ccccc2)C(OCc2ccccc2)C1OCc1ccccc1. The van der Waals surface area contributed by atoms with Gasteiger partial charge in [0, 0.05) is 0 Å². The van der Waals surface area contributed by atoms with E-state index in [2.05, 4.69) is 0 Å². The maximum atomic E-state index is 12.2. The summed E-state index contributed by atoms with van der Waals surface area (Å²) in [6.45, 7) is 1.17. The Morgan fingerprint density at radius 2 is 1.25 bits per heavy atom. The first-order valence-corrected chi connectivity index (χ1v) is 12.0. The average Bonchev–Trinajstić information content (AvgIpc) is 3.28. The summed E-state index contributed by atoms with van der Waals surface area (Å²) in [5, 5.41) is 10.7. The lowest BCUT2D eigenvalue weighted by Gasteiger charge is -2.26. The molecule has 0 aromatic heterocycles. The Balaban J connectivity index is 1.52. The Hall–Kier alpha value is -3.07. The molecule has 36 heavy (non-hydrogen) atoms. The van der Waals surface area contributed by atoms with Crippen molar-refractivity contribution < 1.29 is 33.6 Å². The van der Waals surface area contributed by atoms with Gasteiger partial charge in [-0.2, -0.15) is 0 Å². The van der Waals surface area contributed by atoms with E-state index < -0.39 is 36.5 Å². The molecule has 4 rings (SSSR count). The summed E-state index contributed by atoms with van der Waals surface area (Å²) in [6.07, 6.45) is -4.39. The van der Waals surface area contributed by atoms with Crippen LogP contribution in [0.4, 0.5) is 0 Å². The predicted octanol–water partition coefficient (Wildman–Crippen LogP) is 3.68. The fraction of sp³-hybridized carbons (Fsp3) is 0.345. The molecule has 0 aliphatic carbocycles. The standard InChI is InChI=1S/C29H32O7/c1-32-29(31)25(30)27-28(35-19-23-15-9-4-10-16-23)26(34-18-22-13-7-3-8-14-22)24(36-27)20-33-17-21-11-5-2-6-12-21/h2-16,24-28,30H,17-20H2,1H3. The van der Waals surface area contributed by atoms with Gasteiger partial charge < -0.3 is 28.8 Å². The molecule has 190 valence electrons. The lowest BCUT2D eigenvalue weighted by atomic mass is 10.0. The van der Waals surface area contributed by atoms with E-state index in [4.69, 9.17) is 23.7 Å². The molecular weight excluding hydrogens is 460 g/mol. The van der Waals surface area contributed by atoms with Crippen LogP contribution >= 0.6 is 0 Å². The Bertz CT molecular complexity index is 1040. The van der Waals surface area contributed by atoms with Crippen molar-refractivity contribution in [2.24, 2.45) is 0 Å². The maximum absolute atomic E-state index is 12.2. The van der Waals surface area contributed by atoms with Crippen LogP contribution in [0.5, 0.6) is 0 Å². The summed E-state index contributed by atoms with van der Waals surface area (Å²) in [5.41, 5.74) is 2.97. The van der Waals surface area contributed by atoms with Crippen molar-refractivity contribution in [1.82, 2.24) is 0 Å². The van der Waals surface area contributed by atoms with Crippen molar-refractivity contribution in [2.75, 3.05) is 13.7 Å². The molecule has 1 aliphatic rings. The number of hydrogen-bond acceptors (Lipinski definition) is 7. The van der Waals surface area contributed by atoms with Gasteiger partial charge in [-0.05, 0) is 16.7 Å². The largest absolute Gasteiger partial charge is 0.467 e. The number of aliphatic hydroxyl groups excluding tert-OH is 1. The highest BCUT2D eigenvalue weighted by atomic mass is 16.6. The number of carbonyl (C=O) groups is 1. The van der Waals surface area contributed by atoms with Crippen LogP contribution in [0.3, 0.4) is 0 Å². The molecule has 7 heteroatoms. The van der Waals surface area contributed by atoms with Crippen molar-refractivity contribution >= 4 is 5.97 Å². The van der Waals surface area contributed by atoms with Gasteiger partial charge in [-0.1, -0.05) is 91.0 Å². The predicted molar refractivity (Wildman–Crippen MR) is 133 cm³/mol. The molecule has 5 unspecified atom stereocenters. The van der Waals surface area contributed by atoms with E-state index in [0.29, 0.717) is 13.2 Å². The Morgan fingerprint density at radius 1 is 0.778 bits per heavy atom. The van der Waals surface area contributed by atoms with E-state index in [-0.39, 0.29) is 13.2 Å². The van der Waals surface area contributed by atoms with E-state index in [1.54, 1.807) is 0 Å². The second-order valence-electron chi connectivity index (χ2n) is 8.63. The van der Waals surface area contributed by atoms with Gasteiger partial charge in [0.2, 0.25) is 0 Å². The molecule has 0 bridgehead atoms. The van der Waals surface area contributed by atoms with E-state index in [1.165, 1.54) is 7.11 Å². The van der Waals surface area contributed by atoms with E-state index in [1.807, 2.05) is 91.0 Å². The third-order valence-corrected chi connectivity index (χ3v) is 6.06. The van der Waals surface area contributed by atoms with Gasteiger partial charge in [-0.3, -0.25) is 0 Å². The molecule has 7 nitrogen and oxygen atoms in total. The molecule has 0 spiro atoms. The first-order valence-electron chi connectivity index (χ1n) is 12.0. The van der Waals surface area contributed by atoms with Crippen molar-refractivity contribution in [3.05, 3.63) is 108 Å². The minimum Gasteiger partial charge on any atom is -0.467 e. The van der Waals surface area contributed by atoms with Gasteiger partial charge in [0.05, 0.1) is 33.5 Å². The van der Waals surface area contributed by atoms with Crippen LogP contribution in [0.1, 0.15) is 16.7 Å². The van der Waals surface area contributed by atoms with E-state index >= 15 is 0 Å². The smallest absolute Gasteiger partial charge is 0.337 e. The number of esters is 1. The summed E-state index contributed by atoms with van der Waals surface area (Å²) < 4.78 is 29.4. The number of benzene rings is 3. The van der Waals surface area contributed by atoms with E-state index in [9.17, 15) is 9.90 Å². The number of hydrogen-bond donors (Lipinski definition) is 1. The lowest BCUT2D eigenvalue weighted by molar-refractivity contribution is -0.165. The highest BCUT2D eigenvalue weighted by molar-refractivity contribution is 5.75. The fourth-order valence-electron chi connectivity index (χ4n) is 4.19. The molecule has 0 amide bonds. The zero-order valence-electron chi connectivity index (χ0n) is 20.3. The summed E-state index contributed by atoms with van der Waals surface area (Å²) >= 11 is 0. The summed E-state index contributed by atoms with van der Waals surface area (Å²) in [7, 11) is 1.23. The van der Waals surface area contributed by atoms with Crippen molar-refractivity contribution in [3.8, 4) is 0 Å². The van der Waals surface area contributed by atoms with E-state index in [0.717, 1.165) is 16.7 Å². The van der Waals surface area contributed by atoms with Crippen LogP contribution in [0, 0.1) is 0 Å². The number of methoxy groups -OCH3 is 1. The number of carbonyl (C=O) groups excluding carboxylic acids is 1. The molecule has 1 aliphatic heterocycles. The highest BCUT2D eigenvalue weighted by Crippen LogP contribution is 2.31. The second kappa shape index (κ2) is 13.3. The molecular formula is C29H32O7. The summed E-state index contributed by atoms with van der Waals surface area (Å²) in [4.78, 5) is 12.2. The number of aliphatic hydroxyl groups is 1. The summed E-state index contributed by atoms with van der Waals surface area (Å²) in [6, 6.07) is 29.2. The third-order valence-electron chi connectivity index (χ3n) is 6.06.